The Morgan fingerprint density at radius 1 is 1.26 bits per heavy atom. The molecule has 0 spiro atoms. The molecule has 2 aromatic rings. The molecule has 118 valence electrons. The highest BCUT2D eigenvalue weighted by Gasteiger charge is 2.26. The second-order valence-electron chi connectivity index (χ2n) is 5.33. The number of ether oxygens (including phenoxy) is 1. The first-order valence-corrected chi connectivity index (χ1v) is 7.31. The monoisotopic (exact) mass is 313 g/mol. The molecule has 0 unspecified atom stereocenters. The molecule has 1 fully saturated rings. The van der Waals surface area contributed by atoms with Gasteiger partial charge in [0.05, 0.1) is 4.92 Å². The Balaban J connectivity index is 1.74. The number of nitrogens with one attached hydrogen (secondary N) is 1. The van der Waals surface area contributed by atoms with Crippen LogP contribution in [0.2, 0.25) is 0 Å². The van der Waals surface area contributed by atoms with Gasteiger partial charge in [0.25, 0.3) is 5.69 Å². The van der Waals surface area contributed by atoms with Gasteiger partial charge in [0.15, 0.2) is 0 Å². The molecule has 1 aliphatic carbocycles. The van der Waals surface area contributed by atoms with Crippen LogP contribution in [-0.4, -0.2) is 15.8 Å². The molecule has 1 amide bonds. The predicted molar refractivity (Wildman–Crippen MR) is 83.4 cm³/mol. The summed E-state index contributed by atoms with van der Waals surface area (Å²) < 4.78 is 5.63. The maximum Gasteiger partial charge on any atom is 0.269 e. The van der Waals surface area contributed by atoms with Crippen LogP contribution in [-0.2, 0) is 4.79 Å². The van der Waals surface area contributed by atoms with E-state index in [1.54, 1.807) is 18.3 Å². The number of anilines is 1. The van der Waals surface area contributed by atoms with Crippen LogP contribution in [0.4, 0.5) is 11.4 Å². The van der Waals surface area contributed by atoms with Crippen LogP contribution in [0.1, 0.15) is 19.3 Å². The van der Waals surface area contributed by atoms with Crippen LogP contribution in [0.5, 0.6) is 11.6 Å². The first-order valence-electron chi connectivity index (χ1n) is 7.31. The lowest BCUT2D eigenvalue weighted by Crippen LogP contribution is -2.28. The molecule has 3 rings (SSSR count). The van der Waals surface area contributed by atoms with Crippen LogP contribution in [0.15, 0.2) is 42.6 Å². The lowest BCUT2D eigenvalue weighted by Gasteiger charge is -2.24. The van der Waals surface area contributed by atoms with E-state index >= 15 is 0 Å². The standard InChI is InChI=1S/C16H15N3O4/c20-15(11-3-1-4-11)18-14-5-2-10-17-16(14)23-13-8-6-12(7-9-13)19(21)22/h2,5-11H,1,3-4H2,(H,18,20). The fourth-order valence-electron chi connectivity index (χ4n) is 2.22. The third kappa shape index (κ3) is 3.45. The van der Waals surface area contributed by atoms with Crippen molar-refractivity contribution >= 4 is 17.3 Å². The van der Waals surface area contributed by atoms with Crippen molar-refractivity contribution in [3.8, 4) is 11.6 Å². The smallest absolute Gasteiger partial charge is 0.269 e. The SMILES string of the molecule is O=C(Nc1cccnc1Oc1ccc([N+](=O)[O-])cc1)C1CCC1. The predicted octanol–water partition coefficient (Wildman–Crippen LogP) is 3.52. The fourth-order valence-corrected chi connectivity index (χ4v) is 2.22. The van der Waals surface area contributed by atoms with Gasteiger partial charge in [0.1, 0.15) is 11.4 Å². The molecule has 1 aliphatic rings. The zero-order chi connectivity index (χ0) is 16.2. The Kier molecular flexibility index (Phi) is 4.18. The minimum atomic E-state index is -0.477. The number of non-ortho nitro benzene ring substituents is 1. The molecular formula is C16H15N3O4. The van der Waals surface area contributed by atoms with Crippen molar-refractivity contribution in [2.75, 3.05) is 5.32 Å². The van der Waals surface area contributed by atoms with Crippen molar-refractivity contribution in [3.05, 3.63) is 52.7 Å². The fraction of sp³-hybridized carbons (Fsp3) is 0.250. The van der Waals surface area contributed by atoms with Gasteiger partial charge in [-0.3, -0.25) is 14.9 Å². The second-order valence-corrected chi connectivity index (χ2v) is 5.33. The number of hydrogen-bond donors (Lipinski definition) is 1. The maximum absolute atomic E-state index is 12.0. The number of nitro groups is 1. The summed E-state index contributed by atoms with van der Waals surface area (Å²) in [5, 5.41) is 13.5. The van der Waals surface area contributed by atoms with Crippen LogP contribution in [0, 0.1) is 16.0 Å². The van der Waals surface area contributed by atoms with Crippen molar-refractivity contribution in [1.29, 1.82) is 0 Å². The number of nitrogens with zero attached hydrogens (tertiary/aromatic N) is 2. The van der Waals surface area contributed by atoms with Gasteiger partial charge in [0.2, 0.25) is 11.8 Å². The molecule has 1 aromatic carbocycles. The molecular weight excluding hydrogens is 298 g/mol. The number of nitro benzene ring substituents is 1. The quantitative estimate of drug-likeness (QED) is 0.673. The normalized spacial score (nSPS) is 13.9. The van der Waals surface area contributed by atoms with Gasteiger partial charge < -0.3 is 10.1 Å². The van der Waals surface area contributed by atoms with Gasteiger partial charge >= 0.3 is 0 Å². The highest BCUT2D eigenvalue weighted by Crippen LogP contribution is 2.31. The van der Waals surface area contributed by atoms with E-state index in [-0.39, 0.29) is 23.4 Å². The average Bonchev–Trinajstić information content (AvgIpc) is 2.48. The van der Waals surface area contributed by atoms with Gasteiger partial charge in [-0.05, 0) is 37.1 Å². The zero-order valence-electron chi connectivity index (χ0n) is 12.3. The Morgan fingerprint density at radius 2 is 2.00 bits per heavy atom. The number of pyridine rings is 1. The lowest BCUT2D eigenvalue weighted by atomic mass is 9.85. The molecule has 0 atom stereocenters. The van der Waals surface area contributed by atoms with E-state index in [0.29, 0.717) is 11.4 Å². The molecule has 1 aromatic heterocycles. The molecule has 7 heteroatoms. The van der Waals surface area contributed by atoms with E-state index in [0.717, 1.165) is 19.3 Å². The Hall–Kier alpha value is -2.96. The van der Waals surface area contributed by atoms with E-state index in [1.165, 1.54) is 24.3 Å². The van der Waals surface area contributed by atoms with Gasteiger partial charge in [-0.2, -0.15) is 0 Å². The molecule has 0 aliphatic heterocycles. The highest BCUT2D eigenvalue weighted by molar-refractivity contribution is 5.94. The summed E-state index contributed by atoms with van der Waals surface area (Å²) in [4.78, 5) is 26.3. The summed E-state index contributed by atoms with van der Waals surface area (Å²) in [5.74, 6) is 0.697. The minimum Gasteiger partial charge on any atom is -0.437 e. The Bertz CT molecular complexity index is 726. The molecule has 1 N–H and O–H groups in total. The largest absolute Gasteiger partial charge is 0.437 e. The molecule has 0 bridgehead atoms. The lowest BCUT2D eigenvalue weighted by molar-refractivity contribution is -0.384. The number of aromatic nitrogens is 1. The van der Waals surface area contributed by atoms with E-state index in [1.807, 2.05) is 0 Å². The van der Waals surface area contributed by atoms with Crippen LogP contribution in [0.3, 0.4) is 0 Å². The second kappa shape index (κ2) is 6.43. The van der Waals surface area contributed by atoms with Crippen molar-refractivity contribution in [2.45, 2.75) is 19.3 Å². The molecule has 1 saturated carbocycles. The number of carbonyl (C=O) groups is 1. The van der Waals surface area contributed by atoms with Crippen molar-refractivity contribution in [1.82, 2.24) is 4.98 Å². The first-order chi connectivity index (χ1) is 11.1. The van der Waals surface area contributed by atoms with Crippen molar-refractivity contribution < 1.29 is 14.5 Å². The highest BCUT2D eigenvalue weighted by atomic mass is 16.6. The number of rotatable bonds is 5. The van der Waals surface area contributed by atoms with Gasteiger partial charge in [-0.1, -0.05) is 6.42 Å². The molecule has 7 nitrogen and oxygen atoms in total. The van der Waals surface area contributed by atoms with Crippen LogP contribution < -0.4 is 10.1 Å². The third-order valence-electron chi connectivity index (χ3n) is 3.77. The molecule has 0 radical (unpaired) electrons. The third-order valence-corrected chi connectivity index (χ3v) is 3.77. The van der Waals surface area contributed by atoms with E-state index in [2.05, 4.69) is 10.3 Å². The molecule has 23 heavy (non-hydrogen) atoms. The summed E-state index contributed by atoms with van der Waals surface area (Å²) in [6.45, 7) is 0. The minimum absolute atomic E-state index is 0.0168. The summed E-state index contributed by atoms with van der Waals surface area (Å²) in [5.41, 5.74) is 0.472. The van der Waals surface area contributed by atoms with E-state index in [4.69, 9.17) is 4.74 Å². The summed E-state index contributed by atoms with van der Waals surface area (Å²) in [6, 6.07) is 9.11. The van der Waals surface area contributed by atoms with Crippen LogP contribution in [0.25, 0.3) is 0 Å². The number of hydrogen-bond acceptors (Lipinski definition) is 5. The van der Waals surface area contributed by atoms with Crippen molar-refractivity contribution in [2.24, 2.45) is 5.92 Å². The van der Waals surface area contributed by atoms with E-state index in [9.17, 15) is 14.9 Å². The van der Waals surface area contributed by atoms with E-state index < -0.39 is 4.92 Å². The summed E-state index contributed by atoms with van der Waals surface area (Å²) >= 11 is 0. The Labute approximate surface area is 132 Å². The van der Waals surface area contributed by atoms with Gasteiger partial charge in [0, 0.05) is 24.2 Å². The first kappa shape index (κ1) is 15.0. The molecule has 1 heterocycles. The topological polar surface area (TPSA) is 94.4 Å². The van der Waals surface area contributed by atoms with Crippen molar-refractivity contribution in [3.63, 3.8) is 0 Å². The number of carbonyl (C=O) groups excluding carboxylic acids is 1. The number of benzene rings is 1. The number of amides is 1. The molecule has 0 saturated heterocycles. The average molecular weight is 313 g/mol. The maximum atomic E-state index is 12.0. The zero-order valence-corrected chi connectivity index (χ0v) is 12.3. The summed E-state index contributed by atoms with van der Waals surface area (Å²) in [6.07, 6.45) is 4.45. The summed E-state index contributed by atoms with van der Waals surface area (Å²) in [7, 11) is 0. The van der Waals surface area contributed by atoms with Crippen LogP contribution >= 0.6 is 0 Å². The Morgan fingerprint density at radius 3 is 2.61 bits per heavy atom. The van der Waals surface area contributed by atoms with Gasteiger partial charge in [-0.15, -0.1) is 0 Å². The van der Waals surface area contributed by atoms with Gasteiger partial charge in [-0.25, -0.2) is 4.98 Å².